The van der Waals surface area contributed by atoms with Gasteiger partial charge in [0.25, 0.3) is 0 Å². The molecule has 0 radical (unpaired) electrons. The molecule has 1 heterocycles. The van der Waals surface area contributed by atoms with Gasteiger partial charge < -0.3 is 14.9 Å². The van der Waals surface area contributed by atoms with Crippen LogP contribution in [0.3, 0.4) is 0 Å². The lowest BCUT2D eigenvalue weighted by molar-refractivity contribution is -0.135. The molecular formula is C18H21NO4. The summed E-state index contributed by atoms with van der Waals surface area (Å²) in [5.41, 5.74) is -0.235. The lowest BCUT2D eigenvalue weighted by Gasteiger charge is -2.61. The number of hydrogen-bond donors (Lipinski definition) is 2. The second-order valence-corrected chi connectivity index (χ2v) is 6.98. The number of fused-ring (bicyclic) bond motifs is 1. The van der Waals surface area contributed by atoms with Crippen LogP contribution in [-0.2, 0) is 16.6 Å². The summed E-state index contributed by atoms with van der Waals surface area (Å²) in [6.45, 7) is 0.782. The van der Waals surface area contributed by atoms with Crippen LogP contribution in [0.5, 0.6) is 11.5 Å². The van der Waals surface area contributed by atoms with Gasteiger partial charge in [0.1, 0.15) is 5.60 Å². The van der Waals surface area contributed by atoms with Gasteiger partial charge in [-0.3, -0.25) is 9.69 Å². The quantitative estimate of drug-likeness (QED) is 0.814. The van der Waals surface area contributed by atoms with Crippen molar-refractivity contribution in [1.29, 1.82) is 0 Å². The molecule has 0 amide bonds. The van der Waals surface area contributed by atoms with Gasteiger partial charge in [-0.15, -0.1) is 0 Å². The number of likely N-dealkylation sites (tertiary alicyclic amines) is 1. The Morgan fingerprint density at radius 2 is 2.17 bits per heavy atom. The number of methoxy groups -OCH3 is 1. The van der Waals surface area contributed by atoms with Crippen LogP contribution >= 0.6 is 0 Å². The SMILES string of the molecule is COc1ccc2c(c1O)C13CCN(C)C(C2)C1(O)C=CC(=O)C3. The molecule has 23 heavy (non-hydrogen) atoms. The molecule has 3 unspecified atom stereocenters. The summed E-state index contributed by atoms with van der Waals surface area (Å²) in [6, 6.07) is 3.61. The normalized spacial score (nSPS) is 35.6. The largest absolute Gasteiger partial charge is 0.504 e. The maximum absolute atomic E-state index is 12.2. The number of carbonyl (C=O) groups is 1. The van der Waals surface area contributed by atoms with E-state index >= 15 is 0 Å². The minimum Gasteiger partial charge on any atom is -0.504 e. The summed E-state index contributed by atoms with van der Waals surface area (Å²) in [4.78, 5) is 14.3. The molecule has 1 fully saturated rings. The summed E-state index contributed by atoms with van der Waals surface area (Å²) in [6.07, 6.45) is 4.63. The van der Waals surface area contributed by atoms with Crippen LogP contribution in [0.25, 0.3) is 0 Å². The van der Waals surface area contributed by atoms with Gasteiger partial charge >= 0.3 is 0 Å². The van der Waals surface area contributed by atoms with Crippen molar-refractivity contribution >= 4 is 5.78 Å². The van der Waals surface area contributed by atoms with E-state index in [1.165, 1.54) is 13.2 Å². The average Bonchev–Trinajstić information content (AvgIpc) is 2.52. The zero-order valence-corrected chi connectivity index (χ0v) is 13.4. The fourth-order valence-corrected chi connectivity index (χ4v) is 4.87. The van der Waals surface area contributed by atoms with Crippen LogP contribution in [0.1, 0.15) is 24.0 Å². The Labute approximate surface area is 135 Å². The molecule has 1 saturated heterocycles. The van der Waals surface area contributed by atoms with Gasteiger partial charge in [-0.05, 0) is 50.2 Å². The average molecular weight is 315 g/mol. The molecule has 5 nitrogen and oxygen atoms in total. The fraction of sp³-hybridized carbons (Fsp3) is 0.500. The first-order chi connectivity index (χ1) is 10.9. The molecule has 1 aromatic rings. The Hall–Kier alpha value is -1.85. The monoisotopic (exact) mass is 315 g/mol. The highest BCUT2D eigenvalue weighted by atomic mass is 16.5. The molecule has 1 aromatic carbocycles. The lowest BCUT2D eigenvalue weighted by Crippen LogP contribution is -2.71. The summed E-state index contributed by atoms with van der Waals surface area (Å²) >= 11 is 0. The third-order valence-corrected chi connectivity index (χ3v) is 6.04. The molecule has 3 aliphatic rings. The maximum atomic E-state index is 12.2. The van der Waals surface area contributed by atoms with Gasteiger partial charge in [-0.2, -0.15) is 0 Å². The van der Waals surface area contributed by atoms with Crippen molar-refractivity contribution in [3.8, 4) is 11.5 Å². The Kier molecular flexibility index (Phi) is 2.93. The number of phenols is 1. The number of carbonyl (C=O) groups excluding carboxylic acids is 1. The summed E-state index contributed by atoms with van der Waals surface area (Å²) in [7, 11) is 3.52. The number of benzene rings is 1. The predicted octanol–water partition coefficient (Wildman–Crippen LogP) is 1.16. The molecular weight excluding hydrogens is 294 g/mol. The first-order valence-corrected chi connectivity index (χ1v) is 7.97. The molecule has 2 aliphatic carbocycles. The van der Waals surface area contributed by atoms with Crippen molar-refractivity contribution in [2.24, 2.45) is 0 Å². The number of phenolic OH excluding ortho intramolecular Hbond substituents is 1. The summed E-state index contributed by atoms with van der Waals surface area (Å²) in [5, 5.41) is 22.3. The van der Waals surface area contributed by atoms with E-state index in [9.17, 15) is 15.0 Å². The zero-order valence-electron chi connectivity index (χ0n) is 13.4. The van der Waals surface area contributed by atoms with Gasteiger partial charge in [-0.1, -0.05) is 6.07 Å². The van der Waals surface area contributed by atoms with Gasteiger partial charge in [0.15, 0.2) is 17.3 Å². The molecule has 0 spiro atoms. The first kappa shape index (κ1) is 14.7. The lowest BCUT2D eigenvalue weighted by atomic mass is 9.51. The number of allylic oxidation sites excluding steroid dienone is 1. The predicted molar refractivity (Wildman–Crippen MR) is 84.8 cm³/mol. The highest BCUT2D eigenvalue weighted by molar-refractivity contribution is 5.93. The van der Waals surface area contributed by atoms with Gasteiger partial charge in [-0.25, -0.2) is 0 Å². The van der Waals surface area contributed by atoms with Crippen LogP contribution in [-0.4, -0.2) is 53.2 Å². The van der Waals surface area contributed by atoms with E-state index in [2.05, 4.69) is 4.90 Å². The molecule has 3 atom stereocenters. The van der Waals surface area contributed by atoms with Crippen molar-refractivity contribution in [3.05, 3.63) is 35.4 Å². The number of likely N-dealkylation sites (N-methyl/N-ethyl adjacent to an activating group) is 1. The molecule has 5 heteroatoms. The Morgan fingerprint density at radius 3 is 2.91 bits per heavy atom. The summed E-state index contributed by atoms with van der Waals surface area (Å²) < 4.78 is 5.26. The molecule has 2 bridgehead atoms. The highest BCUT2D eigenvalue weighted by Crippen LogP contribution is 2.58. The summed E-state index contributed by atoms with van der Waals surface area (Å²) in [5.74, 6) is 0.447. The fourth-order valence-electron chi connectivity index (χ4n) is 4.87. The van der Waals surface area contributed by atoms with E-state index in [1.54, 1.807) is 12.1 Å². The van der Waals surface area contributed by atoms with Crippen molar-refractivity contribution in [2.45, 2.75) is 36.3 Å². The number of rotatable bonds is 1. The smallest absolute Gasteiger partial charge is 0.161 e. The van der Waals surface area contributed by atoms with Crippen molar-refractivity contribution in [3.63, 3.8) is 0 Å². The maximum Gasteiger partial charge on any atom is 0.161 e. The molecule has 2 N–H and O–H groups in total. The molecule has 0 aromatic heterocycles. The van der Waals surface area contributed by atoms with Crippen molar-refractivity contribution in [2.75, 3.05) is 20.7 Å². The van der Waals surface area contributed by atoms with Crippen LogP contribution in [0.4, 0.5) is 0 Å². The van der Waals surface area contributed by atoms with E-state index in [0.717, 1.165) is 12.1 Å². The van der Waals surface area contributed by atoms with Crippen LogP contribution in [0.15, 0.2) is 24.3 Å². The van der Waals surface area contributed by atoms with Gasteiger partial charge in [0.2, 0.25) is 0 Å². The highest BCUT2D eigenvalue weighted by Gasteiger charge is 2.63. The third kappa shape index (κ3) is 1.66. The number of nitrogens with zero attached hydrogens (tertiary/aromatic N) is 1. The Bertz CT molecular complexity index is 728. The topological polar surface area (TPSA) is 70.0 Å². The van der Waals surface area contributed by atoms with E-state index in [4.69, 9.17) is 4.74 Å². The minimum absolute atomic E-state index is 0.00644. The molecule has 122 valence electrons. The first-order valence-electron chi connectivity index (χ1n) is 7.97. The number of ether oxygens (including phenoxy) is 1. The number of aromatic hydroxyl groups is 1. The van der Waals surface area contributed by atoms with Crippen LogP contribution in [0.2, 0.25) is 0 Å². The molecule has 0 saturated carbocycles. The Balaban J connectivity index is 2.04. The molecule has 4 rings (SSSR count). The zero-order chi connectivity index (χ0) is 16.4. The van der Waals surface area contributed by atoms with Crippen molar-refractivity contribution in [1.82, 2.24) is 4.90 Å². The van der Waals surface area contributed by atoms with Crippen molar-refractivity contribution < 1.29 is 19.7 Å². The number of ketones is 1. The number of piperidine rings is 1. The van der Waals surface area contributed by atoms with Crippen LogP contribution < -0.4 is 4.74 Å². The number of hydrogen-bond acceptors (Lipinski definition) is 5. The standard InChI is InChI=1S/C18H21NO4/c1-19-8-7-17-10-12(20)5-6-18(17,22)14(19)9-11-3-4-13(23-2)16(21)15(11)17/h3-6,14,21-22H,7-10H2,1-2H3. The van der Waals surface area contributed by atoms with E-state index in [0.29, 0.717) is 24.2 Å². The van der Waals surface area contributed by atoms with Crippen LogP contribution in [0, 0.1) is 0 Å². The van der Waals surface area contributed by atoms with E-state index in [-0.39, 0.29) is 24.0 Å². The molecule has 1 aliphatic heterocycles. The minimum atomic E-state index is -1.15. The number of aliphatic hydroxyl groups is 1. The Morgan fingerprint density at radius 1 is 1.39 bits per heavy atom. The third-order valence-electron chi connectivity index (χ3n) is 6.04. The van der Waals surface area contributed by atoms with Gasteiger partial charge in [0, 0.05) is 23.4 Å². The second kappa shape index (κ2) is 4.58. The van der Waals surface area contributed by atoms with Gasteiger partial charge in [0.05, 0.1) is 7.11 Å². The van der Waals surface area contributed by atoms with E-state index in [1.807, 2.05) is 13.1 Å². The van der Waals surface area contributed by atoms with E-state index < -0.39 is 11.0 Å². The second-order valence-electron chi connectivity index (χ2n) is 6.98.